The largest absolute Gasteiger partial charge is 0.497 e. The summed E-state index contributed by atoms with van der Waals surface area (Å²) in [5.41, 5.74) is 6.74. The van der Waals surface area contributed by atoms with Gasteiger partial charge in [-0.15, -0.1) is 0 Å². The van der Waals surface area contributed by atoms with E-state index in [2.05, 4.69) is 72.8 Å². The second-order valence-corrected chi connectivity index (χ2v) is 7.69. The molecule has 158 valence electrons. The topological polar surface area (TPSA) is 35.5 Å². The molecule has 0 radical (unpaired) electrons. The third kappa shape index (κ3) is 3.38. The van der Waals surface area contributed by atoms with Crippen molar-refractivity contribution in [1.82, 2.24) is 0 Å². The van der Waals surface area contributed by atoms with Gasteiger partial charge in [-0.1, -0.05) is 72.8 Å². The van der Waals surface area contributed by atoms with Crippen molar-refractivity contribution in [2.24, 2.45) is 0 Å². The quantitative estimate of drug-likeness (QED) is 0.191. The average molecular weight is 590 g/mol. The molecule has 0 spiro atoms. The maximum Gasteiger partial charge on any atom is 0.308 e. The van der Waals surface area contributed by atoms with Gasteiger partial charge in [-0.2, -0.15) is 0 Å². The third-order valence-corrected chi connectivity index (χ3v) is 6.02. The Morgan fingerprint density at radius 2 is 1.09 bits per heavy atom. The van der Waals surface area contributed by atoms with Gasteiger partial charge in [-0.3, -0.25) is 4.79 Å². The van der Waals surface area contributed by atoms with Crippen LogP contribution >= 0.6 is 0 Å². The summed E-state index contributed by atoms with van der Waals surface area (Å²) in [5.74, 6) is 1.04. The average Bonchev–Trinajstić information content (AvgIpc) is 3.11. The Hall–Kier alpha value is -3.16. The number of hydrogen-bond donors (Lipinski definition) is 0. The first-order valence-electron chi connectivity index (χ1n) is 10.3. The molecular formula is C28H22O3W. The van der Waals surface area contributed by atoms with E-state index in [-0.39, 0.29) is 27.0 Å². The molecule has 0 N–H and O–H groups in total. The van der Waals surface area contributed by atoms with E-state index in [0.717, 1.165) is 16.9 Å². The molecule has 0 unspecified atom stereocenters. The summed E-state index contributed by atoms with van der Waals surface area (Å²) in [7, 11) is 1.68. The van der Waals surface area contributed by atoms with Crippen LogP contribution in [0, 0.1) is 0 Å². The predicted octanol–water partition coefficient (Wildman–Crippen LogP) is 5.98. The Morgan fingerprint density at radius 3 is 1.53 bits per heavy atom. The fourth-order valence-corrected chi connectivity index (χ4v) is 4.80. The first kappa shape index (κ1) is 22.0. The first-order chi connectivity index (χ1) is 15.1. The Bertz CT molecular complexity index is 1220. The second kappa shape index (κ2) is 8.76. The van der Waals surface area contributed by atoms with Crippen LogP contribution < -0.4 is 9.47 Å². The van der Waals surface area contributed by atoms with Gasteiger partial charge in [0.1, 0.15) is 11.5 Å². The minimum atomic E-state index is -0.478. The van der Waals surface area contributed by atoms with Crippen LogP contribution in [0.15, 0.2) is 97.1 Å². The molecule has 1 aliphatic carbocycles. The minimum Gasteiger partial charge on any atom is -0.497 e. The number of ether oxygens (including phenoxy) is 2. The Balaban J connectivity index is 0.00000245. The van der Waals surface area contributed by atoms with Crippen molar-refractivity contribution in [3.05, 3.63) is 119 Å². The van der Waals surface area contributed by atoms with Crippen molar-refractivity contribution in [2.75, 3.05) is 7.11 Å². The van der Waals surface area contributed by atoms with Gasteiger partial charge in [0, 0.05) is 28.0 Å². The number of carbonyl (C=O) groups excluding carboxylic acids is 1. The molecule has 0 fully saturated rings. The molecule has 0 heterocycles. The summed E-state index contributed by atoms with van der Waals surface area (Å²) in [5, 5.41) is 0. The van der Waals surface area contributed by atoms with Crippen molar-refractivity contribution < 1.29 is 35.3 Å². The maximum absolute atomic E-state index is 11.4. The van der Waals surface area contributed by atoms with E-state index in [1.54, 1.807) is 7.11 Å². The molecular weight excluding hydrogens is 568 g/mol. The molecule has 4 aromatic carbocycles. The summed E-state index contributed by atoms with van der Waals surface area (Å²) in [6.07, 6.45) is 0. The van der Waals surface area contributed by atoms with Crippen LogP contribution in [0.4, 0.5) is 0 Å². The van der Waals surface area contributed by atoms with Gasteiger partial charge in [0.15, 0.2) is 0 Å². The SMILES string of the molecule is COc1ccc(C2(c3ccc(OC(C)=O)cc3)c3ccccc3-c3ccccc32)cc1.[W]. The standard InChI is InChI=1S/C28H22O3.W/c1-19(29)31-23-17-13-21(14-18-23)28(20-11-15-22(30-2)16-12-20)26-9-5-3-7-24(26)25-8-4-6-10-27(25)28;/h3-18H,1-2H3;. The molecule has 0 saturated heterocycles. The summed E-state index contributed by atoms with van der Waals surface area (Å²) >= 11 is 0. The van der Waals surface area contributed by atoms with Gasteiger partial charge in [-0.25, -0.2) is 0 Å². The van der Waals surface area contributed by atoms with Crippen LogP contribution in [0.25, 0.3) is 11.1 Å². The molecule has 32 heavy (non-hydrogen) atoms. The number of hydrogen-bond acceptors (Lipinski definition) is 3. The van der Waals surface area contributed by atoms with Gasteiger partial charge >= 0.3 is 5.97 Å². The van der Waals surface area contributed by atoms with E-state index in [0.29, 0.717) is 5.75 Å². The summed E-state index contributed by atoms with van der Waals surface area (Å²) in [4.78, 5) is 11.4. The number of esters is 1. The number of methoxy groups -OCH3 is 1. The van der Waals surface area contributed by atoms with Gasteiger partial charge in [0.2, 0.25) is 0 Å². The normalized spacial score (nSPS) is 12.8. The van der Waals surface area contributed by atoms with Crippen LogP contribution in [0.3, 0.4) is 0 Å². The minimum absolute atomic E-state index is 0. The van der Waals surface area contributed by atoms with Gasteiger partial charge < -0.3 is 9.47 Å². The molecule has 0 saturated carbocycles. The van der Waals surface area contributed by atoms with E-state index < -0.39 is 5.41 Å². The Kier molecular flexibility index (Phi) is 6.04. The smallest absolute Gasteiger partial charge is 0.308 e. The summed E-state index contributed by atoms with van der Waals surface area (Å²) in [6.45, 7) is 1.41. The van der Waals surface area contributed by atoms with Crippen molar-refractivity contribution in [3.63, 3.8) is 0 Å². The van der Waals surface area contributed by atoms with Gasteiger partial charge in [0.25, 0.3) is 0 Å². The van der Waals surface area contributed by atoms with Crippen molar-refractivity contribution >= 4 is 5.97 Å². The van der Waals surface area contributed by atoms with Crippen molar-refractivity contribution in [1.29, 1.82) is 0 Å². The number of rotatable bonds is 4. The van der Waals surface area contributed by atoms with Crippen LogP contribution in [-0.2, 0) is 31.3 Å². The zero-order chi connectivity index (χ0) is 21.4. The van der Waals surface area contributed by atoms with E-state index in [1.807, 2.05) is 24.3 Å². The molecule has 1 aliphatic rings. The zero-order valence-electron chi connectivity index (χ0n) is 17.9. The summed E-state index contributed by atoms with van der Waals surface area (Å²) < 4.78 is 10.7. The van der Waals surface area contributed by atoms with Crippen molar-refractivity contribution in [2.45, 2.75) is 12.3 Å². The fourth-order valence-electron chi connectivity index (χ4n) is 4.80. The molecule has 0 amide bonds. The molecule has 0 bridgehead atoms. The molecule has 3 nitrogen and oxygen atoms in total. The Morgan fingerprint density at radius 1 is 0.656 bits per heavy atom. The van der Waals surface area contributed by atoms with E-state index >= 15 is 0 Å². The molecule has 0 atom stereocenters. The third-order valence-electron chi connectivity index (χ3n) is 6.02. The first-order valence-corrected chi connectivity index (χ1v) is 10.3. The van der Waals surface area contributed by atoms with Crippen LogP contribution in [0.5, 0.6) is 11.5 Å². The Labute approximate surface area is 202 Å². The van der Waals surface area contributed by atoms with Crippen molar-refractivity contribution in [3.8, 4) is 22.6 Å². The monoisotopic (exact) mass is 590 g/mol. The predicted molar refractivity (Wildman–Crippen MR) is 122 cm³/mol. The van der Waals surface area contributed by atoms with Gasteiger partial charge in [0.05, 0.1) is 12.5 Å². The molecule has 0 aromatic heterocycles. The van der Waals surface area contributed by atoms with E-state index in [1.165, 1.54) is 29.2 Å². The molecule has 4 heteroatoms. The van der Waals surface area contributed by atoms with E-state index in [9.17, 15) is 4.79 Å². The van der Waals surface area contributed by atoms with Gasteiger partial charge in [-0.05, 0) is 57.6 Å². The van der Waals surface area contributed by atoms with Crippen LogP contribution in [0.1, 0.15) is 29.2 Å². The molecule has 4 aromatic rings. The summed E-state index contributed by atoms with van der Waals surface area (Å²) in [6, 6.07) is 33.3. The fraction of sp³-hybridized carbons (Fsp3) is 0.107. The molecule has 0 aliphatic heterocycles. The number of carbonyl (C=O) groups is 1. The second-order valence-electron chi connectivity index (χ2n) is 7.69. The van der Waals surface area contributed by atoms with Crippen LogP contribution in [0.2, 0.25) is 0 Å². The number of benzene rings is 4. The van der Waals surface area contributed by atoms with E-state index in [4.69, 9.17) is 9.47 Å². The zero-order valence-corrected chi connectivity index (χ0v) is 20.8. The number of fused-ring (bicyclic) bond motifs is 3. The van der Waals surface area contributed by atoms with Crippen LogP contribution in [-0.4, -0.2) is 13.1 Å². The maximum atomic E-state index is 11.4. The molecule has 5 rings (SSSR count).